The number of nitrogens with zero attached hydrogens (tertiary/aromatic N) is 3. The summed E-state index contributed by atoms with van der Waals surface area (Å²) in [6, 6.07) is 0. The number of carbonyl (C=O) groups excluding carboxylic acids is 1. The van der Waals surface area contributed by atoms with Crippen LogP contribution in [0.1, 0.15) is 5.82 Å². The summed E-state index contributed by atoms with van der Waals surface area (Å²) in [5.74, 6) is -0.854. The Bertz CT molecular complexity index is 274. The minimum Gasteiger partial charge on any atom is -0.333 e. The molecule has 13 heavy (non-hydrogen) atoms. The van der Waals surface area contributed by atoms with Crippen LogP contribution in [0, 0.1) is 0 Å². The lowest BCUT2D eigenvalue weighted by Gasteiger charge is -2.14. The molecular formula is C6H8F2N4O. The minimum absolute atomic E-state index is 0.00315. The van der Waals surface area contributed by atoms with Gasteiger partial charge < -0.3 is 4.90 Å². The number of H-pyrrole nitrogens is 1. The van der Waals surface area contributed by atoms with E-state index < -0.39 is 12.3 Å². The fourth-order valence-corrected chi connectivity index (χ4v) is 0.776. The maximum absolute atomic E-state index is 11.9. The van der Waals surface area contributed by atoms with E-state index in [0.717, 1.165) is 4.90 Å². The molecule has 0 saturated heterocycles. The highest BCUT2D eigenvalue weighted by Crippen LogP contribution is 2.01. The van der Waals surface area contributed by atoms with E-state index in [1.165, 1.54) is 13.4 Å². The van der Waals surface area contributed by atoms with Crippen LogP contribution in [-0.4, -0.2) is 39.5 Å². The maximum atomic E-state index is 11.9. The summed E-state index contributed by atoms with van der Waals surface area (Å²) in [5, 5.41) is 5.98. The van der Waals surface area contributed by atoms with Crippen LogP contribution in [0.4, 0.5) is 8.78 Å². The smallest absolute Gasteiger partial charge is 0.315 e. The van der Waals surface area contributed by atoms with Crippen LogP contribution in [-0.2, 0) is 11.3 Å². The highest BCUT2D eigenvalue weighted by molar-refractivity contribution is 5.78. The Kier molecular flexibility index (Phi) is 2.88. The van der Waals surface area contributed by atoms with Crippen LogP contribution in [0.3, 0.4) is 0 Å². The fourth-order valence-electron chi connectivity index (χ4n) is 0.776. The molecule has 0 unspecified atom stereocenters. The number of amides is 1. The molecule has 0 aliphatic carbocycles. The predicted octanol–water partition coefficient (Wildman–Crippen LogP) is 0.0282. The van der Waals surface area contributed by atoms with Gasteiger partial charge in [-0.25, -0.2) is 4.98 Å². The van der Waals surface area contributed by atoms with Crippen molar-refractivity contribution in [3.8, 4) is 0 Å². The Balaban J connectivity index is 2.51. The topological polar surface area (TPSA) is 61.9 Å². The van der Waals surface area contributed by atoms with Gasteiger partial charge in [-0.3, -0.25) is 9.89 Å². The average molecular weight is 190 g/mol. The lowest BCUT2D eigenvalue weighted by atomic mass is 10.5. The fraction of sp³-hybridized carbons (Fsp3) is 0.500. The average Bonchev–Trinajstić information content (AvgIpc) is 2.55. The van der Waals surface area contributed by atoms with Crippen molar-refractivity contribution in [3.05, 3.63) is 12.2 Å². The van der Waals surface area contributed by atoms with Gasteiger partial charge in [0.2, 0.25) is 0 Å². The third kappa shape index (κ3) is 2.46. The molecule has 0 aliphatic rings. The third-order valence-corrected chi connectivity index (χ3v) is 1.41. The van der Waals surface area contributed by atoms with Crippen LogP contribution in [0.15, 0.2) is 6.33 Å². The van der Waals surface area contributed by atoms with Crippen LogP contribution < -0.4 is 0 Å². The third-order valence-electron chi connectivity index (χ3n) is 1.41. The van der Waals surface area contributed by atoms with Crippen molar-refractivity contribution in [2.75, 3.05) is 7.05 Å². The standard InChI is InChI=1S/C6H8F2N4O/c1-12(6(13)5(7)8)2-4-9-3-10-11-4/h3,5H,2H2,1H3,(H,9,10,11). The Labute approximate surface area is 72.8 Å². The van der Waals surface area contributed by atoms with Gasteiger partial charge in [-0.05, 0) is 0 Å². The second kappa shape index (κ2) is 3.92. The number of aromatic amines is 1. The van der Waals surface area contributed by atoms with E-state index in [0.29, 0.717) is 5.82 Å². The number of halogens is 2. The normalized spacial score (nSPS) is 10.5. The number of carbonyl (C=O) groups is 1. The Hall–Kier alpha value is -1.53. The first-order chi connectivity index (χ1) is 6.11. The zero-order valence-corrected chi connectivity index (χ0v) is 6.87. The Morgan fingerprint density at radius 3 is 2.92 bits per heavy atom. The number of hydrogen-bond acceptors (Lipinski definition) is 3. The van der Waals surface area contributed by atoms with Gasteiger partial charge in [-0.1, -0.05) is 0 Å². The van der Waals surface area contributed by atoms with E-state index in [9.17, 15) is 13.6 Å². The molecular weight excluding hydrogens is 182 g/mol. The van der Waals surface area contributed by atoms with Crippen molar-refractivity contribution in [1.82, 2.24) is 20.1 Å². The monoisotopic (exact) mass is 190 g/mol. The van der Waals surface area contributed by atoms with E-state index in [1.807, 2.05) is 0 Å². The summed E-state index contributed by atoms with van der Waals surface area (Å²) >= 11 is 0. The van der Waals surface area contributed by atoms with Gasteiger partial charge in [0.05, 0.1) is 6.54 Å². The number of hydrogen-bond donors (Lipinski definition) is 1. The van der Waals surface area contributed by atoms with Crippen LogP contribution >= 0.6 is 0 Å². The van der Waals surface area contributed by atoms with E-state index >= 15 is 0 Å². The first kappa shape index (κ1) is 9.56. The molecule has 1 rings (SSSR count). The molecule has 0 saturated carbocycles. The molecule has 7 heteroatoms. The molecule has 0 bridgehead atoms. The lowest BCUT2D eigenvalue weighted by molar-refractivity contribution is -0.142. The zero-order chi connectivity index (χ0) is 9.84. The molecule has 1 N–H and O–H groups in total. The van der Waals surface area contributed by atoms with Gasteiger partial charge in [0.15, 0.2) is 0 Å². The van der Waals surface area contributed by atoms with Crippen molar-refractivity contribution in [1.29, 1.82) is 0 Å². The van der Waals surface area contributed by atoms with Gasteiger partial charge in [0.25, 0.3) is 5.91 Å². The summed E-state index contributed by atoms with van der Waals surface area (Å²) in [7, 11) is 1.27. The molecule has 72 valence electrons. The van der Waals surface area contributed by atoms with Gasteiger partial charge in [-0.2, -0.15) is 13.9 Å². The molecule has 1 heterocycles. The molecule has 1 aromatic heterocycles. The van der Waals surface area contributed by atoms with Crippen LogP contribution in [0.25, 0.3) is 0 Å². The summed E-state index contributed by atoms with van der Waals surface area (Å²) in [6.45, 7) is 0.00315. The van der Waals surface area contributed by atoms with Crippen molar-refractivity contribution in [3.63, 3.8) is 0 Å². The van der Waals surface area contributed by atoms with E-state index in [2.05, 4.69) is 15.2 Å². The molecule has 0 aliphatic heterocycles. The zero-order valence-electron chi connectivity index (χ0n) is 6.87. The molecule has 1 aromatic rings. The Morgan fingerprint density at radius 1 is 1.77 bits per heavy atom. The van der Waals surface area contributed by atoms with E-state index in [1.54, 1.807) is 0 Å². The SMILES string of the molecule is CN(Cc1ncn[nH]1)C(=O)C(F)F. The first-order valence-corrected chi connectivity index (χ1v) is 3.48. The van der Waals surface area contributed by atoms with Crippen LogP contribution in [0.5, 0.6) is 0 Å². The minimum atomic E-state index is -2.98. The van der Waals surface area contributed by atoms with Gasteiger partial charge in [0.1, 0.15) is 12.2 Å². The van der Waals surface area contributed by atoms with Crippen molar-refractivity contribution in [2.24, 2.45) is 0 Å². The predicted molar refractivity (Wildman–Crippen MR) is 38.9 cm³/mol. The van der Waals surface area contributed by atoms with Crippen molar-refractivity contribution in [2.45, 2.75) is 13.0 Å². The quantitative estimate of drug-likeness (QED) is 0.731. The summed E-state index contributed by atoms with van der Waals surface area (Å²) in [5.41, 5.74) is 0. The van der Waals surface area contributed by atoms with Gasteiger partial charge >= 0.3 is 6.43 Å². The highest BCUT2D eigenvalue weighted by atomic mass is 19.3. The van der Waals surface area contributed by atoms with Gasteiger partial charge in [-0.15, -0.1) is 0 Å². The molecule has 0 radical (unpaired) electrons. The summed E-state index contributed by atoms with van der Waals surface area (Å²) < 4.78 is 23.7. The first-order valence-electron chi connectivity index (χ1n) is 3.48. The van der Waals surface area contributed by atoms with E-state index in [-0.39, 0.29) is 6.54 Å². The second-order valence-electron chi connectivity index (χ2n) is 2.43. The van der Waals surface area contributed by atoms with Crippen molar-refractivity contribution < 1.29 is 13.6 Å². The lowest BCUT2D eigenvalue weighted by Crippen LogP contribution is -2.31. The molecule has 0 atom stereocenters. The number of aromatic nitrogens is 3. The largest absolute Gasteiger partial charge is 0.333 e. The summed E-state index contributed by atoms with van der Waals surface area (Å²) in [6.07, 6.45) is -1.73. The molecule has 0 fully saturated rings. The maximum Gasteiger partial charge on any atom is 0.315 e. The molecule has 0 spiro atoms. The van der Waals surface area contributed by atoms with Gasteiger partial charge in [0, 0.05) is 7.05 Å². The molecule has 0 aromatic carbocycles. The van der Waals surface area contributed by atoms with Crippen molar-refractivity contribution >= 4 is 5.91 Å². The summed E-state index contributed by atoms with van der Waals surface area (Å²) in [4.78, 5) is 15.3. The number of rotatable bonds is 3. The van der Waals surface area contributed by atoms with Crippen LogP contribution in [0.2, 0.25) is 0 Å². The number of nitrogens with one attached hydrogen (secondary N) is 1. The van der Waals surface area contributed by atoms with E-state index in [4.69, 9.17) is 0 Å². The molecule has 1 amide bonds. The second-order valence-corrected chi connectivity index (χ2v) is 2.43. The molecule has 5 nitrogen and oxygen atoms in total. The highest BCUT2D eigenvalue weighted by Gasteiger charge is 2.20. The Morgan fingerprint density at radius 2 is 2.46 bits per heavy atom. The number of alkyl halides is 2.